The van der Waals surface area contributed by atoms with E-state index in [0.717, 1.165) is 51.7 Å². The number of likely N-dealkylation sites (tertiary alicyclic amines) is 1. The molecule has 0 amide bonds. The molecule has 0 aromatic heterocycles. The smallest absolute Gasteiger partial charge is 0.305 e. The van der Waals surface area contributed by atoms with E-state index in [0.29, 0.717) is 13.0 Å². The first-order valence-corrected chi connectivity index (χ1v) is 6.78. The van der Waals surface area contributed by atoms with Gasteiger partial charge in [0.1, 0.15) is 0 Å². The number of hydrogen-bond acceptors (Lipinski definition) is 4. The standard InChI is InChI=1S/C13H25NO3/c1-2-17-13(16)8-4-3-5-9-14-10-6-7-12(15)11-14/h12,15H,2-11H2,1H3/t12-/m0/s1. The Labute approximate surface area is 104 Å². The predicted octanol–water partition coefficient (Wildman–Crippen LogP) is 1.57. The Hall–Kier alpha value is -0.610. The second kappa shape index (κ2) is 8.48. The van der Waals surface area contributed by atoms with Crippen LogP contribution in [0.5, 0.6) is 0 Å². The molecule has 1 heterocycles. The van der Waals surface area contributed by atoms with Gasteiger partial charge in [-0.25, -0.2) is 0 Å². The maximum atomic E-state index is 11.1. The van der Waals surface area contributed by atoms with Gasteiger partial charge in [-0.3, -0.25) is 4.79 Å². The molecule has 1 N–H and O–H groups in total. The van der Waals surface area contributed by atoms with Gasteiger partial charge in [0.2, 0.25) is 0 Å². The number of hydrogen-bond donors (Lipinski definition) is 1. The lowest BCUT2D eigenvalue weighted by Crippen LogP contribution is -2.38. The number of β-amino-alcohol motifs (C(OH)–C–C–N with tert-alkyl or cyclic N) is 1. The van der Waals surface area contributed by atoms with E-state index >= 15 is 0 Å². The highest BCUT2D eigenvalue weighted by atomic mass is 16.5. The van der Waals surface area contributed by atoms with Gasteiger partial charge in [0.15, 0.2) is 0 Å². The van der Waals surface area contributed by atoms with Crippen molar-refractivity contribution in [2.45, 2.75) is 51.6 Å². The molecule has 1 fully saturated rings. The summed E-state index contributed by atoms with van der Waals surface area (Å²) in [5.41, 5.74) is 0. The number of esters is 1. The first-order valence-electron chi connectivity index (χ1n) is 6.78. The van der Waals surface area contributed by atoms with Crippen LogP contribution in [-0.2, 0) is 9.53 Å². The predicted molar refractivity (Wildman–Crippen MR) is 66.8 cm³/mol. The number of carbonyl (C=O) groups excluding carboxylic acids is 1. The van der Waals surface area contributed by atoms with Crippen molar-refractivity contribution in [2.24, 2.45) is 0 Å². The Bertz CT molecular complexity index is 221. The molecule has 1 aliphatic heterocycles. The van der Waals surface area contributed by atoms with Gasteiger partial charge in [-0.1, -0.05) is 6.42 Å². The molecule has 4 nitrogen and oxygen atoms in total. The summed E-state index contributed by atoms with van der Waals surface area (Å²) in [5, 5.41) is 9.51. The minimum atomic E-state index is -0.136. The van der Waals surface area contributed by atoms with Gasteiger partial charge in [-0.15, -0.1) is 0 Å². The number of carbonyl (C=O) groups is 1. The summed E-state index contributed by atoms with van der Waals surface area (Å²) in [6, 6.07) is 0. The van der Waals surface area contributed by atoms with Crippen LogP contribution >= 0.6 is 0 Å². The van der Waals surface area contributed by atoms with E-state index in [1.54, 1.807) is 0 Å². The van der Waals surface area contributed by atoms with Gasteiger partial charge in [0.25, 0.3) is 0 Å². The van der Waals surface area contributed by atoms with Crippen LogP contribution in [0.3, 0.4) is 0 Å². The second-order valence-electron chi connectivity index (χ2n) is 4.71. The van der Waals surface area contributed by atoms with Gasteiger partial charge < -0.3 is 14.7 Å². The van der Waals surface area contributed by atoms with Crippen molar-refractivity contribution in [2.75, 3.05) is 26.2 Å². The quantitative estimate of drug-likeness (QED) is 0.544. The summed E-state index contributed by atoms with van der Waals surface area (Å²) in [4.78, 5) is 13.4. The largest absolute Gasteiger partial charge is 0.466 e. The van der Waals surface area contributed by atoms with Crippen molar-refractivity contribution in [3.8, 4) is 0 Å². The fourth-order valence-corrected chi connectivity index (χ4v) is 2.25. The SMILES string of the molecule is CCOC(=O)CCCCCN1CCC[C@H](O)C1. The highest BCUT2D eigenvalue weighted by molar-refractivity contribution is 5.69. The minimum absolute atomic E-state index is 0.0825. The third-order valence-electron chi connectivity index (χ3n) is 3.14. The Kier molecular flexibility index (Phi) is 7.21. The summed E-state index contributed by atoms with van der Waals surface area (Å²) in [6.07, 6.45) is 5.52. The van der Waals surface area contributed by atoms with Crippen LogP contribution in [0.2, 0.25) is 0 Å². The van der Waals surface area contributed by atoms with Gasteiger partial charge >= 0.3 is 5.97 Å². The van der Waals surface area contributed by atoms with Crippen LogP contribution in [0.4, 0.5) is 0 Å². The third-order valence-corrected chi connectivity index (χ3v) is 3.14. The molecule has 0 radical (unpaired) electrons. The fraction of sp³-hybridized carbons (Fsp3) is 0.923. The molecule has 0 unspecified atom stereocenters. The van der Waals surface area contributed by atoms with Crippen molar-refractivity contribution in [3.05, 3.63) is 0 Å². The van der Waals surface area contributed by atoms with Gasteiger partial charge in [0, 0.05) is 13.0 Å². The first kappa shape index (κ1) is 14.5. The molecule has 1 atom stereocenters. The van der Waals surface area contributed by atoms with Crippen LogP contribution in [-0.4, -0.2) is 48.3 Å². The number of rotatable bonds is 7. The van der Waals surface area contributed by atoms with Crippen LogP contribution in [0.25, 0.3) is 0 Å². The Morgan fingerprint density at radius 3 is 2.94 bits per heavy atom. The van der Waals surface area contributed by atoms with Crippen molar-refractivity contribution >= 4 is 5.97 Å². The highest BCUT2D eigenvalue weighted by Gasteiger charge is 2.16. The average molecular weight is 243 g/mol. The Balaban J connectivity index is 1.95. The van der Waals surface area contributed by atoms with Gasteiger partial charge in [0.05, 0.1) is 12.7 Å². The third kappa shape index (κ3) is 6.64. The van der Waals surface area contributed by atoms with Crippen LogP contribution in [0.1, 0.15) is 45.4 Å². The summed E-state index contributed by atoms with van der Waals surface area (Å²) < 4.78 is 4.87. The molecule has 1 aliphatic rings. The fourth-order valence-electron chi connectivity index (χ4n) is 2.25. The zero-order valence-electron chi connectivity index (χ0n) is 10.9. The van der Waals surface area contributed by atoms with Crippen LogP contribution in [0, 0.1) is 0 Å². The topological polar surface area (TPSA) is 49.8 Å². The Morgan fingerprint density at radius 2 is 2.24 bits per heavy atom. The zero-order valence-corrected chi connectivity index (χ0v) is 10.9. The minimum Gasteiger partial charge on any atom is -0.466 e. The number of piperidine rings is 1. The van der Waals surface area contributed by atoms with Crippen molar-refractivity contribution in [3.63, 3.8) is 0 Å². The van der Waals surface area contributed by atoms with Gasteiger partial charge in [-0.05, 0) is 45.7 Å². The van der Waals surface area contributed by atoms with E-state index in [4.69, 9.17) is 4.74 Å². The summed E-state index contributed by atoms with van der Waals surface area (Å²) in [5.74, 6) is -0.0825. The summed E-state index contributed by atoms with van der Waals surface area (Å²) in [7, 11) is 0. The highest BCUT2D eigenvalue weighted by Crippen LogP contribution is 2.11. The monoisotopic (exact) mass is 243 g/mol. The van der Waals surface area contributed by atoms with E-state index in [1.165, 1.54) is 0 Å². The van der Waals surface area contributed by atoms with Crippen LogP contribution in [0.15, 0.2) is 0 Å². The summed E-state index contributed by atoms with van der Waals surface area (Å²) in [6.45, 7) is 5.27. The van der Waals surface area contributed by atoms with Crippen molar-refractivity contribution < 1.29 is 14.6 Å². The molecule has 0 saturated carbocycles. The van der Waals surface area contributed by atoms with E-state index in [2.05, 4.69) is 4.90 Å². The van der Waals surface area contributed by atoms with E-state index in [9.17, 15) is 9.90 Å². The molecule has 1 rings (SSSR count). The molecular weight excluding hydrogens is 218 g/mol. The first-order chi connectivity index (χ1) is 8.22. The lowest BCUT2D eigenvalue weighted by Gasteiger charge is -2.29. The van der Waals surface area contributed by atoms with E-state index < -0.39 is 0 Å². The molecule has 0 aromatic rings. The number of nitrogens with zero attached hydrogens (tertiary/aromatic N) is 1. The van der Waals surface area contributed by atoms with E-state index in [1.807, 2.05) is 6.92 Å². The maximum Gasteiger partial charge on any atom is 0.305 e. The normalized spacial score (nSPS) is 21.4. The molecular formula is C13H25NO3. The van der Waals surface area contributed by atoms with Crippen molar-refractivity contribution in [1.29, 1.82) is 0 Å². The molecule has 17 heavy (non-hydrogen) atoms. The molecule has 0 spiro atoms. The maximum absolute atomic E-state index is 11.1. The average Bonchev–Trinajstić information content (AvgIpc) is 2.29. The molecule has 4 heteroatoms. The zero-order chi connectivity index (χ0) is 12.5. The molecule has 0 bridgehead atoms. The van der Waals surface area contributed by atoms with Crippen molar-refractivity contribution in [1.82, 2.24) is 4.90 Å². The lowest BCUT2D eigenvalue weighted by atomic mass is 10.1. The molecule has 0 aliphatic carbocycles. The lowest BCUT2D eigenvalue weighted by molar-refractivity contribution is -0.143. The van der Waals surface area contributed by atoms with Crippen LogP contribution < -0.4 is 0 Å². The number of aliphatic hydroxyl groups excluding tert-OH is 1. The molecule has 100 valence electrons. The van der Waals surface area contributed by atoms with Gasteiger partial charge in [-0.2, -0.15) is 0 Å². The van der Waals surface area contributed by atoms with E-state index in [-0.39, 0.29) is 12.1 Å². The second-order valence-corrected chi connectivity index (χ2v) is 4.71. The summed E-state index contributed by atoms with van der Waals surface area (Å²) >= 11 is 0. The number of aliphatic hydroxyl groups is 1. The Morgan fingerprint density at radius 1 is 1.41 bits per heavy atom. The number of unbranched alkanes of at least 4 members (excludes halogenated alkanes) is 2. The molecule has 1 saturated heterocycles. The molecule has 0 aromatic carbocycles. The number of ether oxygens (including phenoxy) is 1.